The zero-order valence-electron chi connectivity index (χ0n) is 15.4. The summed E-state index contributed by atoms with van der Waals surface area (Å²) in [5.74, 6) is 0.188. The Morgan fingerprint density at radius 1 is 1.07 bits per heavy atom. The van der Waals surface area contributed by atoms with Crippen molar-refractivity contribution in [3.05, 3.63) is 71.1 Å². The Balaban J connectivity index is 1.55. The SMILES string of the molecule is Cc1ccc(NC(=O)CSc2ccc(NS(=O)(=O)c3cccs3)cc2)c(C)c1. The third-order valence-corrected chi connectivity index (χ3v) is 7.68. The average molecular weight is 433 g/mol. The van der Waals surface area contributed by atoms with E-state index in [2.05, 4.69) is 10.0 Å². The van der Waals surface area contributed by atoms with Gasteiger partial charge in [0.1, 0.15) is 4.21 Å². The molecular formula is C20H20N2O3S3. The lowest BCUT2D eigenvalue weighted by Crippen LogP contribution is -2.14. The van der Waals surface area contributed by atoms with Gasteiger partial charge in [0.25, 0.3) is 10.0 Å². The van der Waals surface area contributed by atoms with Crippen LogP contribution in [0.5, 0.6) is 0 Å². The molecule has 5 nitrogen and oxygen atoms in total. The standard InChI is InChI=1S/C20H20N2O3S3/c1-14-5-10-18(15(2)12-14)21-19(23)13-27-17-8-6-16(7-9-17)22-28(24,25)20-4-3-11-26-20/h3-12,22H,13H2,1-2H3,(H,21,23). The molecule has 0 unspecified atom stereocenters. The summed E-state index contributed by atoms with van der Waals surface area (Å²) in [6.45, 7) is 3.98. The van der Waals surface area contributed by atoms with E-state index in [-0.39, 0.29) is 15.9 Å². The first kappa shape index (κ1) is 20.4. The highest BCUT2D eigenvalue weighted by atomic mass is 32.2. The summed E-state index contributed by atoms with van der Waals surface area (Å²) in [4.78, 5) is 13.1. The van der Waals surface area contributed by atoms with E-state index in [0.717, 1.165) is 21.7 Å². The third kappa shape index (κ3) is 5.37. The molecule has 0 atom stereocenters. The van der Waals surface area contributed by atoms with Crippen molar-refractivity contribution in [3.8, 4) is 0 Å². The summed E-state index contributed by atoms with van der Waals surface area (Å²) in [5, 5.41) is 4.64. The average Bonchev–Trinajstić information content (AvgIpc) is 3.19. The number of hydrogen-bond donors (Lipinski definition) is 2. The van der Waals surface area contributed by atoms with Crippen molar-refractivity contribution in [1.29, 1.82) is 0 Å². The Bertz CT molecular complexity index is 1060. The summed E-state index contributed by atoms with van der Waals surface area (Å²) >= 11 is 2.56. The predicted octanol–water partition coefficient (Wildman–Crippen LogP) is 4.90. The van der Waals surface area contributed by atoms with Crippen LogP contribution in [0.15, 0.2) is 69.1 Å². The van der Waals surface area contributed by atoms with Crippen molar-refractivity contribution in [2.75, 3.05) is 15.8 Å². The highest BCUT2D eigenvalue weighted by Gasteiger charge is 2.15. The molecular weight excluding hydrogens is 412 g/mol. The number of rotatable bonds is 7. The minimum atomic E-state index is -3.55. The zero-order chi connectivity index (χ0) is 20.1. The largest absolute Gasteiger partial charge is 0.325 e. The van der Waals surface area contributed by atoms with Crippen LogP contribution in [0.3, 0.4) is 0 Å². The maximum absolute atomic E-state index is 12.2. The molecule has 0 fully saturated rings. The van der Waals surface area contributed by atoms with E-state index in [1.165, 1.54) is 23.1 Å². The molecule has 0 saturated heterocycles. The van der Waals surface area contributed by atoms with Crippen molar-refractivity contribution in [1.82, 2.24) is 0 Å². The van der Waals surface area contributed by atoms with E-state index in [1.54, 1.807) is 41.8 Å². The van der Waals surface area contributed by atoms with Crippen LogP contribution in [-0.2, 0) is 14.8 Å². The molecule has 1 amide bonds. The van der Waals surface area contributed by atoms with Gasteiger partial charge >= 0.3 is 0 Å². The highest BCUT2D eigenvalue weighted by molar-refractivity contribution is 8.00. The van der Waals surface area contributed by atoms with Gasteiger partial charge in [-0.05, 0) is 61.2 Å². The van der Waals surface area contributed by atoms with Gasteiger partial charge in [-0.2, -0.15) is 0 Å². The zero-order valence-corrected chi connectivity index (χ0v) is 17.9. The van der Waals surface area contributed by atoms with E-state index >= 15 is 0 Å². The Morgan fingerprint density at radius 2 is 1.82 bits per heavy atom. The molecule has 1 heterocycles. The molecule has 146 valence electrons. The molecule has 3 aromatic rings. The molecule has 3 rings (SSSR count). The van der Waals surface area contributed by atoms with Gasteiger partial charge in [-0.3, -0.25) is 9.52 Å². The van der Waals surface area contributed by atoms with Crippen molar-refractivity contribution in [3.63, 3.8) is 0 Å². The van der Waals surface area contributed by atoms with Crippen molar-refractivity contribution >= 4 is 50.4 Å². The number of sulfonamides is 1. The number of aryl methyl sites for hydroxylation is 2. The molecule has 8 heteroatoms. The van der Waals surface area contributed by atoms with E-state index in [4.69, 9.17) is 0 Å². The first-order valence-electron chi connectivity index (χ1n) is 8.50. The van der Waals surface area contributed by atoms with Crippen molar-refractivity contribution in [2.45, 2.75) is 23.0 Å². The van der Waals surface area contributed by atoms with E-state index in [1.807, 2.05) is 32.0 Å². The molecule has 0 radical (unpaired) electrons. The molecule has 0 bridgehead atoms. The lowest BCUT2D eigenvalue weighted by atomic mass is 10.1. The third-order valence-electron chi connectivity index (χ3n) is 3.89. The normalized spacial score (nSPS) is 11.2. The Morgan fingerprint density at radius 3 is 2.46 bits per heavy atom. The van der Waals surface area contributed by atoms with Crippen LogP contribution in [0.25, 0.3) is 0 Å². The lowest BCUT2D eigenvalue weighted by molar-refractivity contribution is -0.113. The van der Waals surface area contributed by atoms with Gasteiger partial charge < -0.3 is 5.32 Å². The van der Waals surface area contributed by atoms with Crippen LogP contribution in [-0.4, -0.2) is 20.1 Å². The molecule has 0 aliphatic carbocycles. The van der Waals surface area contributed by atoms with Crippen LogP contribution < -0.4 is 10.0 Å². The Hall–Kier alpha value is -2.29. The minimum absolute atomic E-state index is 0.0839. The van der Waals surface area contributed by atoms with Crippen LogP contribution >= 0.6 is 23.1 Å². The molecule has 0 spiro atoms. The minimum Gasteiger partial charge on any atom is -0.325 e. The quantitative estimate of drug-likeness (QED) is 0.521. The number of thiophene rings is 1. The van der Waals surface area contributed by atoms with Gasteiger partial charge in [-0.15, -0.1) is 23.1 Å². The van der Waals surface area contributed by atoms with Gasteiger partial charge in [0.05, 0.1) is 5.75 Å². The van der Waals surface area contributed by atoms with Crippen LogP contribution in [0.4, 0.5) is 11.4 Å². The summed E-state index contributed by atoms with van der Waals surface area (Å²) < 4.78 is 27.3. The van der Waals surface area contributed by atoms with E-state index in [0.29, 0.717) is 5.69 Å². The van der Waals surface area contributed by atoms with Crippen LogP contribution in [0.2, 0.25) is 0 Å². The number of hydrogen-bond acceptors (Lipinski definition) is 5. The van der Waals surface area contributed by atoms with Crippen LogP contribution in [0.1, 0.15) is 11.1 Å². The number of carbonyl (C=O) groups is 1. The molecule has 2 aromatic carbocycles. The van der Waals surface area contributed by atoms with Gasteiger partial charge in [0, 0.05) is 16.3 Å². The number of carbonyl (C=O) groups excluding carboxylic acids is 1. The summed E-state index contributed by atoms with van der Waals surface area (Å²) in [6, 6.07) is 16.1. The second-order valence-corrected chi connectivity index (χ2v) is 10.1. The van der Waals surface area contributed by atoms with Crippen molar-refractivity contribution in [2.24, 2.45) is 0 Å². The smallest absolute Gasteiger partial charge is 0.271 e. The Labute approximate surface area is 173 Å². The topological polar surface area (TPSA) is 75.3 Å². The highest BCUT2D eigenvalue weighted by Crippen LogP contribution is 2.24. The molecule has 1 aromatic heterocycles. The summed E-state index contributed by atoms with van der Waals surface area (Å²) in [6.07, 6.45) is 0. The van der Waals surface area contributed by atoms with Crippen LogP contribution in [0, 0.1) is 13.8 Å². The number of benzene rings is 2. The summed E-state index contributed by atoms with van der Waals surface area (Å²) in [7, 11) is -3.55. The van der Waals surface area contributed by atoms with Gasteiger partial charge in [0.2, 0.25) is 5.91 Å². The maximum Gasteiger partial charge on any atom is 0.271 e. The van der Waals surface area contributed by atoms with Crippen molar-refractivity contribution < 1.29 is 13.2 Å². The fourth-order valence-electron chi connectivity index (χ4n) is 2.53. The number of thioether (sulfide) groups is 1. The number of amides is 1. The summed E-state index contributed by atoms with van der Waals surface area (Å²) in [5.41, 5.74) is 3.48. The lowest BCUT2D eigenvalue weighted by Gasteiger charge is -2.09. The Kier molecular flexibility index (Phi) is 6.43. The molecule has 0 aliphatic rings. The van der Waals surface area contributed by atoms with Gasteiger partial charge in [-0.25, -0.2) is 8.42 Å². The van der Waals surface area contributed by atoms with E-state index < -0.39 is 10.0 Å². The second-order valence-electron chi connectivity index (χ2n) is 6.22. The predicted molar refractivity (Wildman–Crippen MR) is 117 cm³/mol. The number of anilines is 2. The second kappa shape index (κ2) is 8.81. The van der Waals surface area contributed by atoms with Gasteiger partial charge in [0.15, 0.2) is 0 Å². The first-order valence-corrected chi connectivity index (χ1v) is 11.8. The monoisotopic (exact) mass is 432 g/mol. The fraction of sp³-hybridized carbons (Fsp3) is 0.150. The van der Waals surface area contributed by atoms with Gasteiger partial charge in [-0.1, -0.05) is 23.8 Å². The molecule has 28 heavy (non-hydrogen) atoms. The van der Waals surface area contributed by atoms with E-state index in [9.17, 15) is 13.2 Å². The first-order chi connectivity index (χ1) is 13.3. The molecule has 0 aliphatic heterocycles. The maximum atomic E-state index is 12.2. The number of nitrogens with one attached hydrogen (secondary N) is 2. The fourth-order valence-corrected chi connectivity index (χ4v) is 5.28. The molecule has 2 N–H and O–H groups in total. The molecule has 0 saturated carbocycles.